The first-order chi connectivity index (χ1) is 11.1. The van der Waals surface area contributed by atoms with Gasteiger partial charge >= 0.3 is 5.97 Å². The van der Waals surface area contributed by atoms with Gasteiger partial charge < -0.3 is 14.4 Å². The van der Waals surface area contributed by atoms with Crippen LogP contribution < -0.4 is 9.64 Å². The molecule has 0 fully saturated rings. The maximum absolute atomic E-state index is 11.7. The Balaban J connectivity index is 1.61. The number of quaternary nitrogens is 1. The molecule has 2 aromatic carbocycles. The van der Waals surface area contributed by atoms with Crippen LogP contribution >= 0.6 is 15.9 Å². The second-order valence-electron chi connectivity index (χ2n) is 5.33. The standard InChI is InChI=1S/C18H20BrNO3/c1-20(13-15-5-3-2-4-6-15)11-12-22-18(21)14-23-17-9-7-16(19)8-10-17/h2-10H,11-14H2,1H3/p+1. The maximum Gasteiger partial charge on any atom is 0.344 e. The highest BCUT2D eigenvalue weighted by Crippen LogP contribution is 2.15. The minimum absolute atomic E-state index is 0.0701. The molecule has 1 atom stereocenters. The molecule has 0 saturated heterocycles. The average Bonchev–Trinajstić information content (AvgIpc) is 2.55. The second-order valence-corrected chi connectivity index (χ2v) is 6.25. The summed E-state index contributed by atoms with van der Waals surface area (Å²) in [5, 5.41) is 0. The van der Waals surface area contributed by atoms with E-state index in [2.05, 4.69) is 35.1 Å². The molecule has 0 heterocycles. The molecule has 0 saturated carbocycles. The summed E-state index contributed by atoms with van der Waals surface area (Å²) in [4.78, 5) is 12.9. The monoisotopic (exact) mass is 378 g/mol. The summed E-state index contributed by atoms with van der Waals surface area (Å²) in [6.07, 6.45) is 0. The lowest BCUT2D eigenvalue weighted by molar-refractivity contribution is -0.893. The minimum Gasteiger partial charge on any atom is -0.482 e. The maximum atomic E-state index is 11.7. The molecule has 122 valence electrons. The van der Waals surface area contributed by atoms with Gasteiger partial charge in [0.1, 0.15) is 25.4 Å². The van der Waals surface area contributed by atoms with Crippen molar-refractivity contribution >= 4 is 21.9 Å². The van der Waals surface area contributed by atoms with Crippen LogP contribution in [0.2, 0.25) is 0 Å². The first-order valence-corrected chi connectivity index (χ1v) is 8.32. The Labute approximate surface area is 145 Å². The van der Waals surface area contributed by atoms with Crippen molar-refractivity contribution in [2.75, 3.05) is 26.8 Å². The molecule has 2 rings (SSSR count). The highest BCUT2D eigenvalue weighted by atomic mass is 79.9. The first-order valence-electron chi connectivity index (χ1n) is 7.52. The predicted octanol–water partition coefficient (Wildman–Crippen LogP) is 2.09. The fraction of sp³-hybridized carbons (Fsp3) is 0.278. The fourth-order valence-corrected chi connectivity index (χ4v) is 2.35. The number of likely N-dealkylation sites (N-methyl/N-ethyl adjacent to an activating group) is 1. The van der Waals surface area contributed by atoms with E-state index in [9.17, 15) is 4.79 Å². The van der Waals surface area contributed by atoms with E-state index in [0.717, 1.165) is 17.6 Å². The largest absolute Gasteiger partial charge is 0.482 e. The van der Waals surface area contributed by atoms with Crippen LogP contribution in [0.3, 0.4) is 0 Å². The SMILES string of the molecule is C[NH+](CCOC(=O)COc1ccc(Br)cc1)Cc1ccccc1. The summed E-state index contributed by atoms with van der Waals surface area (Å²) in [5.74, 6) is 0.303. The van der Waals surface area contributed by atoms with E-state index in [0.29, 0.717) is 12.4 Å². The van der Waals surface area contributed by atoms with Gasteiger partial charge in [0.25, 0.3) is 0 Å². The van der Waals surface area contributed by atoms with E-state index in [-0.39, 0.29) is 12.6 Å². The molecule has 0 aliphatic heterocycles. The predicted molar refractivity (Wildman–Crippen MR) is 92.5 cm³/mol. The molecule has 0 radical (unpaired) electrons. The molecule has 0 aromatic heterocycles. The van der Waals surface area contributed by atoms with Crippen molar-refractivity contribution in [3.05, 3.63) is 64.6 Å². The van der Waals surface area contributed by atoms with Gasteiger partial charge in [-0.2, -0.15) is 0 Å². The molecule has 0 bridgehead atoms. The normalized spacial score (nSPS) is 11.7. The molecule has 4 nitrogen and oxygen atoms in total. The summed E-state index contributed by atoms with van der Waals surface area (Å²) in [7, 11) is 2.08. The van der Waals surface area contributed by atoms with Crippen LogP contribution in [0.5, 0.6) is 5.75 Å². The molecule has 2 aromatic rings. The number of esters is 1. The molecule has 0 aliphatic carbocycles. The first kappa shape index (κ1) is 17.5. The minimum atomic E-state index is -0.347. The third-order valence-corrected chi connectivity index (χ3v) is 3.84. The second kappa shape index (κ2) is 9.33. The Kier molecular flexibility index (Phi) is 7.10. The third-order valence-electron chi connectivity index (χ3n) is 3.31. The van der Waals surface area contributed by atoms with Gasteiger partial charge in [-0.1, -0.05) is 46.3 Å². The number of ether oxygens (including phenoxy) is 2. The molecule has 0 spiro atoms. The lowest BCUT2D eigenvalue weighted by Gasteiger charge is -2.14. The number of hydrogen-bond donors (Lipinski definition) is 1. The highest BCUT2D eigenvalue weighted by molar-refractivity contribution is 9.10. The number of carbonyl (C=O) groups excluding carboxylic acids is 1. The molecule has 5 heteroatoms. The van der Waals surface area contributed by atoms with E-state index >= 15 is 0 Å². The number of halogens is 1. The summed E-state index contributed by atoms with van der Waals surface area (Å²) in [6, 6.07) is 17.6. The van der Waals surface area contributed by atoms with E-state index in [1.165, 1.54) is 10.5 Å². The van der Waals surface area contributed by atoms with Crippen molar-refractivity contribution in [1.29, 1.82) is 0 Å². The topological polar surface area (TPSA) is 40.0 Å². The Hall–Kier alpha value is -1.85. The fourth-order valence-electron chi connectivity index (χ4n) is 2.09. The van der Waals surface area contributed by atoms with Crippen LogP contribution in [-0.2, 0) is 16.1 Å². The van der Waals surface area contributed by atoms with Gasteiger partial charge in [-0.05, 0) is 24.3 Å². The van der Waals surface area contributed by atoms with E-state index < -0.39 is 0 Å². The molecule has 1 unspecified atom stereocenters. The van der Waals surface area contributed by atoms with E-state index in [1.807, 2.05) is 30.3 Å². The molecular formula is C18H21BrNO3+. The summed E-state index contributed by atoms with van der Waals surface area (Å²) >= 11 is 3.35. The summed E-state index contributed by atoms with van der Waals surface area (Å²) in [5.41, 5.74) is 1.27. The van der Waals surface area contributed by atoms with Crippen LogP contribution in [0.15, 0.2) is 59.1 Å². The van der Waals surface area contributed by atoms with Crippen molar-refractivity contribution in [2.45, 2.75) is 6.54 Å². The zero-order valence-corrected chi connectivity index (χ0v) is 14.7. The zero-order valence-electron chi connectivity index (χ0n) is 13.1. The molecule has 0 aliphatic rings. The van der Waals surface area contributed by atoms with Crippen LogP contribution in [0.1, 0.15) is 5.56 Å². The number of carbonyl (C=O) groups is 1. The van der Waals surface area contributed by atoms with Crippen molar-refractivity contribution in [1.82, 2.24) is 0 Å². The van der Waals surface area contributed by atoms with Crippen molar-refractivity contribution in [3.8, 4) is 5.75 Å². The molecule has 1 N–H and O–H groups in total. The Morgan fingerprint density at radius 1 is 1.09 bits per heavy atom. The molecule has 0 amide bonds. The van der Waals surface area contributed by atoms with Gasteiger partial charge in [-0.15, -0.1) is 0 Å². The smallest absolute Gasteiger partial charge is 0.344 e. The number of nitrogens with one attached hydrogen (secondary N) is 1. The van der Waals surface area contributed by atoms with Gasteiger partial charge in [-0.25, -0.2) is 4.79 Å². The molecule has 23 heavy (non-hydrogen) atoms. The zero-order chi connectivity index (χ0) is 16.5. The van der Waals surface area contributed by atoms with Crippen molar-refractivity contribution in [3.63, 3.8) is 0 Å². The van der Waals surface area contributed by atoms with E-state index in [1.54, 1.807) is 12.1 Å². The average molecular weight is 379 g/mol. The quantitative estimate of drug-likeness (QED) is 0.714. The Bertz CT molecular complexity index is 601. The van der Waals surface area contributed by atoms with Crippen LogP contribution in [-0.4, -0.2) is 32.8 Å². The van der Waals surface area contributed by atoms with Gasteiger partial charge in [0.2, 0.25) is 0 Å². The Morgan fingerprint density at radius 3 is 2.48 bits per heavy atom. The van der Waals surface area contributed by atoms with Crippen LogP contribution in [0, 0.1) is 0 Å². The van der Waals surface area contributed by atoms with Crippen molar-refractivity contribution in [2.24, 2.45) is 0 Å². The van der Waals surface area contributed by atoms with Gasteiger partial charge in [-0.3, -0.25) is 0 Å². The Morgan fingerprint density at radius 2 is 1.78 bits per heavy atom. The lowest BCUT2D eigenvalue weighted by atomic mass is 10.2. The van der Waals surface area contributed by atoms with Gasteiger partial charge in [0.05, 0.1) is 7.05 Å². The highest BCUT2D eigenvalue weighted by Gasteiger charge is 2.08. The van der Waals surface area contributed by atoms with Gasteiger partial charge in [0.15, 0.2) is 6.61 Å². The third kappa shape index (κ3) is 6.84. The van der Waals surface area contributed by atoms with Crippen LogP contribution in [0.25, 0.3) is 0 Å². The summed E-state index contributed by atoms with van der Waals surface area (Å²) in [6.45, 7) is 1.99. The summed E-state index contributed by atoms with van der Waals surface area (Å²) < 4.78 is 11.5. The number of rotatable bonds is 8. The van der Waals surface area contributed by atoms with E-state index in [4.69, 9.17) is 9.47 Å². The van der Waals surface area contributed by atoms with Crippen LogP contribution in [0.4, 0.5) is 0 Å². The number of benzene rings is 2. The van der Waals surface area contributed by atoms with Gasteiger partial charge in [0, 0.05) is 10.0 Å². The number of hydrogen-bond acceptors (Lipinski definition) is 3. The molecular weight excluding hydrogens is 358 g/mol. The van der Waals surface area contributed by atoms with Crippen molar-refractivity contribution < 1.29 is 19.2 Å². The lowest BCUT2D eigenvalue weighted by Crippen LogP contribution is -3.08.